The third-order valence-electron chi connectivity index (χ3n) is 3.19. The first-order chi connectivity index (χ1) is 7.75. The van der Waals surface area contributed by atoms with Crippen molar-refractivity contribution >= 4 is 11.8 Å². The molecular formula is C14H21NS. The smallest absolute Gasteiger partial charge is 0.0294 e. The average Bonchev–Trinajstić information content (AvgIpc) is 2.30. The van der Waals surface area contributed by atoms with E-state index in [0.717, 1.165) is 0 Å². The van der Waals surface area contributed by atoms with E-state index in [4.69, 9.17) is 0 Å². The summed E-state index contributed by atoms with van der Waals surface area (Å²) in [6, 6.07) is 10.00. The van der Waals surface area contributed by atoms with Gasteiger partial charge >= 0.3 is 0 Å². The molecule has 0 radical (unpaired) electrons. The number of benzene rings is 1. The Balaban J connectivity index is 1.94. The van der Waals surface area contributed by atoms with Crippen molar-refractivity contribution in [2.24, 2.45) is 0 Å². The van der Waals surface area contributed by atoms with E-state index in [0.29, 0.717) is 12.1 Å². The Hall–Kier alpha value is -0.470. The third-order valence-corrected chi connectivity index (χ3v) is 4.40. The molecule has 88 valence electrons. The summed E-state index contributed by atoms with van der Waals surface area (Å²) in [7, 11) is 0. The highest BCUT2D eigenvalue weighted by Crippen LogP contribution is 2.21. The number of rotatable bonds is 3. The zero-order valence-electron chi connectivity index (χ0n) is 10.2. The third kappa shape index (κ3) is 3.26. The first kappa shape index (κ1) is 12.0. The molecule has 1 nitrogen and oxygen atoms in total. The second-order valence-corrected chi connectivity index (χ2v) is 5.87. The van der Waals surface area contributed by atoms with Crippen LogP contribution in [-0.2, 0) is 0 Å². The van der Waals surface area contributed by atoms with Crippen LogP contribution < -0.4 is 5.32 Å². The molecule has 1 aliphatic heterocycles. The molecule has 1 aromatic rings. The van der Waals surface area contributed by atoms with E-state index >= 15 is 0 Å². The highest BCUT2D eigenvalue weighted by molar-refractivity contribution is 7.99. The lowest BCUT2D eigenvalue weighted by molar-refractivity contribution is 0.452. The van der Waals surface area contributed by atoms with Crippen molar-refractivity contribution < 1.29 is 0 Å². The number of nitrogens with one attached hydrogen (secondary N) is 1. The molecule has 0 aliphatic carbocycles. The van der Waals surface area contributed by atoms with Crippen LogP contribution in [0.4, 0.5) is 0 Å². The van der Waals surface area contributed by atoms with Crippen LogP contribution in [0.25, 0.3) is 0 Å². The molecule has 2 heteroatoms. The molecule has 1 saturated heterocycles. The van der Waals surface area contributed by atoms with Gasteiger partial charge in [-0.3, -0.25) is 0 Å². The molecule has 16 heavy (non-hydrogen) atoms. The summed E-state index contributed by atoms with van der Waals surface area (Å²) in [6.07, 6.45) is 2.70. The monoisotopic (exact) mass is 235 g/mol. The lowest BCUT2D eigenvalue weighted by Crippen LogP contribution is -2.35. The van der Waals surface area contributed by atoms with E-state index in [2.05, 4.69) is 55.2 Å². The lowest BCUT2D eigenvalue weighted by atomic mass is 10.0. The summed E-state index contributed by atoms with van der Waals surface area (Å²) in [5.74, 6) is 2.62. The topological polar surface area (TPSA) is 12.0 Å². The minimum absolute atomic E-state index is 0.476. The Morgan fingerprint density at radius 1 is 1.44 bits per heavy atom. The minimum Gasteiger partial charge on any atom is -0.307 e. The maximum atomic E-state index is 3.74. The minimum atomic E-state index is 0.476. The van der Waals surface area contributed by atoms with E-state index in [1.165, 1.54) is 35.5 Å². The SMILES string of the molecule is Cc1cccc([C@H](C)NC2CCCSC2)c1. The van der Waals surface area contributed by atoms with Crippen LogP contribution in [0.1, 0.15) is 36.9 Å². The normalized spacial score (nSPS) is 23.0. The van der Waals surface area contributed by atoms with Gasteiger partial charge in [0.2, 0.25) is 0 Å². The summed E-state index contributed by atoms with van der Waals surface area (Å²) >= 11 is 2.08. The van der Waals surface area contributed by atoms with Crippen molar-refractivity contribution in [2.45, 2.75) is 38.8 Å². The summed E-state index contributed by atoms with van der Waals surface area (Å²) in [4.78, 5) is 0. The molecule has 0 aromatic heterocycles. The van der Waals surface area contributed by atoms with Crippen LogP contribution in [0.5, 0.6) is 0 Å². The Bertz CT molecular complexity index is 331. The molecule has 1 aromatic carbocycles. The summed E-state index contributed by atoms with van der Waals surface area (Å²) < 4.78 is 0. The fourth-order valence-electron chi connectivity index (χ4n) is 2.26. The Kier molecular flexibility index (Phi) is 4.30. The van der Waals surface area contributed by atoms with Crippen molar-refractivity contribution in [3.63, 3.8) is 0 Å². The van der Waals surface area contributed by atoms with Crippen LogP contribution in [0.2, 0.25) is 0 Å². The van der Waals surface area contributed by atoms with E-state index in [1.54, 1.807) is 0 Å². The standard InChI is InChI=1S/C14H21NS/c1-11-5-3-6-13(9-11)12(2)15-14-7-4-8-16-10-14/h3,5-6,9,12,14-15H,4,7-8,10H2,1-2H3/t12-,14?/m0/s1. The van der Waals surface area contributed by atoms with Gasteiger partial charge in [-0.1, -0.05) is 29.8 Å². The quantitative estimate of drug-likeness (QED) is 0.860. The van der Waals surface area contributed by atoms with Crippen molar-refractivity contribution in [2.75, 3.05) is 11.5 Å². The second-order valence-electron chi connectivity index (χ2n) is 4.72. The lowest BCUT2D eigenvalue weighted by Gasteiger charge is -2.26. The molecule has 1 unspecified atom stereocenters. The van der Waals surface area contributed by atoms with Gasteiger partial charge in [-0.05, 0) is 38.0 Å². The Morgan fingerprint density at radius 2 is 2.31 bits per heavy atom. The Morgan fingerprint density at radius 3 is 3.00 bits per heavy atom. The molecule has 0 amide bonds. The number of hydrogen-bond donors (Lipinski definition) is 1. The van der Waals surface area contributed by atoms with Gasteiger partial charge in [0.1, 0.15) is 0 Å². The molecule has 1 fully saturated rings. The molecule has 0 bridgehead atoms. The van der Waals surface area contributed by atoms with Crippen LogP contribution in [0.15, 0.2) is 24.3 Å². The molecule has 1 heterocycles. The van der Waals surface area contributed by atoms with Crippen molar-refractivity contribution in [3.8, 4) is 0 Å². The van der Waals surface area contributed by atoms with E-state index < -0.39 is 0 Å². The molecule has 1 aliphatic rings. The predicted octanol–water partition coefficient (Wildman–Crippen LogP) is 3.54. The fraction of sp³-hybridized carbons (Fsp3) is 0.571. The highest BCUT2D eigenvalue weighted by atomic mass is 32.2. The number of thioether (sulfide) groups is 1. The fourth-order valence-corrected chi connectivity index (χ4v) is 3.35. The Labute approximate surface area is 103 Å². The van der Waals surface area contributed by atoms with Crippen molar-refractivity contribution in [1.82, 2.24) is 5.32 Å². The van der Waals surface area contributed by atoms with Crippen LogP contribution in [0.3, 0.4) is 0 Å². The summed E-state index contributed by atoms with van der Waals surface area (Å²) in [5.41, 5.74) is 2.76. The van der Waals surface area contributed by atoms with Crippen LogP contribution >= 0.6 is 11.8 Å². The van der Waals surface area contributed by atoms with Gasteiger partial charge in [0.05, 0.1) is 0 Å². The van der Waals surface area contributed by atoms with Crippen molar-refractivity contribution in [1.29, 1.82) is 0 Å². The molecule has 2 rings (SSSR count). The van der Waals surface area contributed by atoms with Gasteiger partial charge in [0.15, 0.2) is 0 Å². The van der Waals surface area contributed by atoms with Crippen LogP contribution in [-0.4, -0.2) is 17.5 Å². The van der Waals surface area contributed by atoms with Gasteiger partial charge < -0.3 is 5.32 Å². The number of aryl methyl sites for hydroxylation is 1. The predicted molar refractivity (Wildman–Crippen MR) is 73.1 cm³/mol. The molecule has 0 saturated carbocycles. The maximum absolute atomic E-state index is 3.74. The van der Waals surface area contributed by atoms with Gasteiger partial charge in [0.25, 0.3) is 0 Å². The van der Waals surface area contributed by atoms with Crippen LogP contribution in [0, 0.1) is 6.92 Å². The first-order valence-corrected chi connectivity index (χ1v) is 7.31. The van der Waals surface area contributed by atoms with E-state index in [1.807, 2.05) is 0 Å². The summed E-state index contributed by atoms with van der Waals surface area (Å²) in [5, 5.41) is 3.74. The zero-order chi connectivity index (χ0) is 11.4. The van der Waals surface area contributed by atoms with Gasteiger partial charge in [-0.25, -0.2) is 0 Å². The van der Waals surface area contributed by atoms with Gasteiger partial charge in [-0.15, -0.1) is 0 Å². The molecule has 0 spiro atoms. The second kappa shape index (κ2) is 5.74. The number of hydrogen-bond acceptors (Lipinski definition) is 2. The molecular weight excluding hydrogens is 214 g/mol. The largest absolute Gasteiger partial charge is 0.307 e. The molecule has 1 N–H and O–H groups in total. The van der Waals surface area contributed by atoms with E-state index in [9.17, 15) is 0 Å². The van der Waals surface area contributed by atoms with E-state index in [-0.39, 0.29) is 0 Å². The first-order valence-electron chi connectivity index (χ1n) is 6.16. The maximum Gasteiger partial charge on any atom is 0.0294 e. The zero-order valence-corrected chi connectivity index (χ0v) is 11.0. The highest BCUT2D eigenvalue weighted by Gasteiger charge is 2.16. The average molecular weight is 235 g/mol. The molecule has 2 atom stereocenters. The van der Waals surface area contributed by atoms with Gasteiger partial charge in [0, 0.05) is 17.8 Å². The van der Waals surface area contributed by atoms with Gasteiger partial charge in [-0.2, -0.15) is 11.8 Å². The summed E-state index contributed by atoms with van der Waals surface area (Å²) in [6.45, 7) is 4.43. The van der Waals surface area contributed by atoms with Crippen molar-refractivity contribution in [3.05, 3.63) is 35.4 Å².